The summed E-state index contributed by atoms with van der Waals surface area (Å²) in [7, 11) is -5.79. The summed E-state index contributed by atoms with van der Waals surface area (Å²) in [5.74, 6) is -5.05. The van der Waals surface area contributed by atoms with Gasteiger partial charge in [-0.15, -0.1) is 0 Å². The average Bonchev–Trinajstić information content (AvgIpc) is 1.47. The van der Waals surface area contributed by atoms with E-state index in [9.17, 15) is 65.4 Å². The molecule has 4 atom stereocenters. The van der Waals surface area contributed by atoms with Crippen molar-refractivity contribution in [3.8, 4) is 33.6 Å². The lowest BCUT2D eigenvalue weighted by Gasteiger charge is -2.36. The van der Waals surface area contributed by atoms with Crippen LogP contribution < -0.4 is 37.5 Å². The highest BCUT2D eigenvalue weighted by Gasteiger charge is 2.46. The SMILES string of the molecule is CC[C@@]1(O)C(=O)OCc2c1cc1n(c2=O)Cc2c-1nc1cc(Cl)c(C)c3c1c2[C@@H](N(Cc1ccc(NC(=O)[C@H](C)NC(=O)[C@@H](NC(=O)CNC(=O)CNC(=O)c2cc(-c4cnc(S(C)(=O)=O)nc4)cc(-c4cnc(S(C)(=O)=O)nc4)c2)C(C)C)cc1CNC)C(=O)O)CC3. The third-order valence-electron chi connectivity index (χ3n) is 16.8. The Morgan fingerprint density at radius 3 is 2.01 bits per heavy atom. The second-order valence-electron chi connectivity index (χ2n) is 23.6. The fourth-order valence-corrected chi connectivity index (χ4v) is 13.0. The summed E-state index contributed by atoms with van der Waals surface area (Å²) in [4.78, 5) is 130. The number of carboxylic acid groups (broad SMARTS) is 1. The van der Waals surface area contributed by atoms with Gasteiger partial charge in [0.05, 0.1) is 48.1 Å². The third kappa shape index (κ3) is 13.5. The van der Waals surface area contributed by atoms with Crippen LogP contribution in [0.3, 0.4) is 0 Å². The van der Waals surface area contributed by atoms with E-state index in [1.807, 2.05) is 6.92 Å². The number of cyclic esters (lactones) is 1. The molecule has 3 aliphatic rings. The van der Waals surface area contributed by atoms with Crippen LogP contribution in [0.5, 0.6) is 0 Å². The number of carbonyl (C=O) groups excluding carboxylic acids is 6. The molecular formula is C63H66ClN13O15S2. The first-order valence-corrected chi connectivity index (χ1v) is 33.8. The highest BCUT2D eigenvalue weighted by Crippen LogP contribution is 2.49. The molecule has 0 radical (unpaired) electrons. The largest absolute Gasteiger partial charge is 0.465 e. The van der Waals surface area contributed by atoms with E-state index in [1.54, 1.807) is 64.2 Å². The number of pyridine rings is 2. The minimum absolute atomic E-state index is 0.00621. The van der Waals surface area contributed by atoms with Crippen molar-refractivity contribution in [2.24, 2.45) is 5.92 Å². The standard InChI is InChI=1S/C63H66ClN13O15S2/c1-9-63(87)44-18-48-54-42(28-76(48)58(83)43(44)29-92-59(63)84)52-47(13-12-41-31(4)45(64)19-46(74-54)51(41)52)77(62(85)86)27-33-10-11-40(17-37(33)20-65-6)73-55(80)32(5)72-57(82)53(30(2)3)75-50(79)26-66-49(78)25-67-56(81)36-15-34(38-21-68-60(69-22-38)93(7,88)89)14-35(16-36)39-23-70-61(71-24-39)94(8,90)91/h10-11,14-19,21-24,30,32,47,53,65,87H,9,12-13,20,25-29H2,1-8H3,(H,66,78)(H,67,81)(H,72,82)(H,73,80)(H,75,79)(H,85,86)/t32-,47-,53-,63-/m0/s1. The number of ether oxygens (including phenoxy) is 1. The lowest BCUT2D eigenvalue weighted by Crippen LogP contribution is -2.55. The second-order valence-corrected chi connectivity index (χ2v) is 27.8. The third-order valence-corrected chi connectivity index (χ3v) is 18.9. The number of fused-ring (bicyclic) bond motifs is 5. The number of esters is 1. The summed E-state index contributed by atoms with van der Waals surface area (Å²) < 4.78 is 54.9. The first-order valence-electron chi connectivity index (χ1n) is 29.6. The van der Waals surface area contributed by atoms with Crippen LogP contribution in [0.15, 0.2) is 88.4 Å². The van der Waals surface area contributed by atoms with Crippen LogP contribution in [-0.4, -0.2) is 148 Å². The molecule has 0 fully saturated rings. The van der Waals surface area contributed by atoms with E-state index in [4.69, 9.17) is 21.3 Å². The second kappa shape index (κ2) is 26.4. The number of anilines is 1. The topological polar surface area (TPSA) is 399 Å². The molecule has 31 heteroatoms. The summed E-state index contributed by atoms with van der Waals surface area (Å²) in [6.07, 6.45) is 6.33. The number of sulfone groups is 2. The van der Waals surface area contributed by atoms with Gasteiger partial charge in [0.15, 0.2) is 5.60 Å². The smallest absolute Gasteiger partial charge is 0.408 e. The predicted molar refractivity (Wildman–Crippen MR) is 341 cm³/mol. The van der Waals surface area contributed by atoms with E-state index in [-0.39, 0.29) is 49.4 Å². The molecule has 4 aromatic heterocycles. The fourth-order valence-electron chi connectivity index (χ4n) is 11.8. The minimum Gasteiger partial charge on any atom is -0.465 e. The Balaban J connectivity index is 0.783. The van der Waals surface area contributed by atoms with Gasteiger partial charge in [0.2, 0.25) is 53.6 Å². The molecule has 3 aromatic carbocycles. The van der Waals surface area contributed by atoms with Crippen molar-refractivity contribution >= 4 is 89.5 Å². The normalized spacial score (nSPS) is 16.2. The van der Waals surface area contributed by atoms with Crippen molar-refractivity contribution in [3.63, 3.8) is 0 Å². The Morgan fingerprint density at radius 2 is 1.43 bits per heavy atom. The molecule has 6 heterocycles. The number of nitrogens with zero attached hydrogens (tertiary/aromatic N) is 7. The summed E-state index contributed by atoms with van der Waals surface area (Å²) >= 11 is 6.82. The number of hydrogen-bond acceptors (Lipinski definition) is 20. The molecule has 28 nitrogen and oxygen atoms in total. The maximum Gasteiger partial charge on any atom is 0.408 e. The van der Waals surface area contributed by atoms with Gasteiger partial charge in [-0.05, 0) is 127 Å². The number of aromatic nitrogens is 6. The van der Waals surface area contributed by atoms with Crippen LogP contribution >= 0.6 is 11.6 Å². The molecule has 0 saturated heterocycles. The quantitative estimate of drug-likeness (QED) is 0.0375. The average molecular weight is 1340 g/mol. The molecule has 492 valence electrons. The molecule has 8 N–H and O–H groups in total. The number of nitrogens with one attached hydrogen (secondary N) is 6. The van der Waals surface area contributed by atoms with Gasteiger partial charge in [0.25, 0.3) is 11.5 Å². The van der Waals surface area contributed by atoms with Crippen molar-refractivity contribution < 1.29 is 65.3 Å². The number of rotatable bonds is 21. The Hall–Kier alpha value is -9.62. The summed E-state index contributed by atoms with van der Waals surface area (Å²) in [6.45, 7) is 6.87. The summed E-state index contributed by atoms with van der Waals surface area (Å²) in [5.41, 5.74) is 4.78. The number of amides is 6. The molecule has 7 aromatic rings. The van der Waals surface area contributed by atoms with E-state index in [0.717, 1.165) is 29.0 Å². The molecular weight excluding hydrogens is 1280 g/mol. The predicted octanol–water partition coefficient (Wildman–Crippen LogP) is 3.78. The lowest BCUT2D eigenvalue weighted by molar-refractivity contribution is -0.172. The molecule has 0 spiro atoms. The molecule has 10 rings (SSSR count). The summed E-state index contributed by atoms with van der Waals surface area (Å²) in [6, 6.07) is 9.64. The van der Waals surface area contributed by atoms with Crippen molar-refractivity contribution in [2.75, 3.05) is 38.0 Å². The van der Waals surface area contributed by atoms with E-state index in [0.29, 0.717) is 85.0 Å². The van der Waals surface area contributed by atoms with E-state index in [1.165, 1.54) is 53.3 Å². The lowest BCUT2D eigenvalue weighted by atomic mass is 9.81. The van der Waals surface area contributed by atoms with Crippen molar-refractivity contribution in [1.82, 2.24) is 61.0 Å². The van der Waals surface area contributed by atoms with Gasteiger partial charge in [0.1, 0.15) is 18.7 Å². The number of carbonyl (C=O) groups is 7. The van der Waals surface area contributed by atoms with Gasteiger partial charge in [-0.25, -0.2) is 51.3 Å². The zero-order valence-corrected chi connectivity index (χ0v) is 54.5. The Morgan fingerprint density at radius 1 is 0.798 bits per heavy atom. The summed E-state index contributed by atoms with van der Waals surface area (Å²) in [5, 5.41) is 39.0. The van der Waals surface area contributed by atoms with Crippen LogP contribution in [-0.2, 0) is 86.6 Å². The fraction of sp³-hybridized carbons (Fsp3) is 0.349. The maximum absolute atomic E-state index is 14.3. The molecule has 1 aliphatic carbocycles. The van der Waals surface area contributed by atoms with Gasteiger partial charge in [-0.1, -0.05) is 38.4 Å². The van der Waals surface area contributed by atoms with E-state index >= 15 is 0 Å². The molecule has 0 saturated carbocycles. The maximum atomic E-state index is 14.3. The van der Waals surface area contributed by atoms with Crippen molar-refractivity contribution in [2.45, 2.75) is 114 Å². The van der Waals surface area contributed by atoms with Crippen LogP contribution in [0.25, 0.3) is 44.5 Å². The van der Waals surface area contributed by atoms with Gasteiger partial charge in [-0.2, -0.15) is 0 Å². The zero-order valence-electron chi connectivity index (χ0n) is 52.1. The molecule has 94 heavy (non-hydrogen) atoms. The zero-order chi connectivity index (χ0) is 68.0. The highest BCUT2D eigenvalue weighted by atomic mass is 35.5. The van der Waals surface area contributed by atoms with Gasteiger partial charge < -0.3 is 51.4 Å². The first kappa shape index (κ1) is 67.3. The van der Waals surface area contributed by atoms with Crippen LogP contribution in [0.1, 0.15) is 101 Å². The van der Waals surface area contributed by atoms with Crippen molar-refractivity contribution in [1.29, 1.82) is 0 Å². The molecule has 0 bridgehead atoms. The van der Waals surface area contributed by atoms with Gasteiger partial charge in [0, 0.05) is 94.3 Å². The first-order chi connectivity index (χ1) is 44.4. The Labute approximate surface area is 543 Å². The van der Waals surface area contributed by atoms with E-state index < -0.39 is 120 Å². The Bertz CT molecular complexity index is 4530. The van der Waals surface area contributed by atoms with Crippen LogP contribution in [0, 0.1) is 12.8 Å². The number of benzene rings is 3. The molecule has 0 unspecified atom stereocenters. The number of aryl methyl sites for hydroxylation is 1. The number of hydrogen-bond donors (Lipinski definition) is 8. The number of aliphatic hydroxyl groups is 1. The Kier molecular flexibility index (Phi) is 18.9. The van der Waals surface area contributed by atoms with Crippen LogP contribution in [0.4, 0.5) is 10.5 Å². The van der Waals surface area contributed by atoms with Crippen molar-refractivity contribution in [3.05, 3.63) is 139 Å². The van der Waals surface area contributed by atoms with Gasteiger partial charge in [-0.3, -0.25) is 33.7 Å². The molecule has 2 aliphatic heterocycles. The van der Waals surface area contributed by atoms with Gasteiger partial charge >= 0.3 is 12.1 Å². The van der Waals surface area contributed by atoms with E-state index in [2.05, 4.69) is 51.8 Å². The molecule has 6 amide bonds. The highest BCUT2D eigenvalue weighted by molar-refractivity contribution is 7.90. The number of halogens is 1. The monoisotopic (exact) mass is 1340 g/mol. The van der Waals surface area contributed by atoms with Crippen LogP contribution in [0.2, 0.25) is 5.02 Å². The minimum atomic E-state index is -3.75.